The van der Waals surface area contributed by atoms with Crippen molar-refractivity contribution in [3.63, 3.8) is 0 Å². The van der Waals surface area contributed by atoms with Crippen molar-refractivity contribution in [1.29, 1.82) is 0 Å². The van der Waals surface area contributed by atoms with Crippen LogP contribution in [0, 0.1) is 0 Å². The Morgan fingerprint density at radius 1 is 1.03 bits per heavy atom. The summed E-state index contributed by atoms with van der Waals surface area (Å²) in [5, 5.41) is 3.13. The molecule has 1 aliphatic rings. The summed E-state index contributed by atoms with van der Waals surface area (Å²) in [7, 11) is 0. The van der Waals surface area contributed by atoms with Gasteiger partial charge in [0.2, 0.25) is 5.95 Å². The van der Waals surface area contributed by atoms with Gasteiger partial charge in [-0.3, -0.25) is 4.21 Å². The lowest BCUT2D eigenvalue weighted by Crippen LogP contribution is -2.07. The first-order valence-corrected chi connectivity index (χ1v) is 11.1. The van der Waals surface area contributed by atoms with E-state index in [0.29, 0.717) is 11.6 Å². The molecule has 0 fully saturated rings. The highest BCUT2D eigenvalue weighted by Gasteiger charge is 2.22. The first-order chi connectivity index (χ1) is 14.2. The van der Waals surface area contributed by atoms with E-state index in [0.717, 1.165) is 29.7 Å². The minimum atomic E-state index is -2.27. The Kier molecular flexibility index (Phi) is 4.71. The normalized spacial score (nSPS) is 13.4. The Morgan fingerprint density at radius 3 is 2.72 bits per heavy atom. The van der Waals surface area contributed by atoms with E-state index < -0.39 is 11.1 Å². The quantitative estimate of drug-likeness (QED) is 0.474. The highest BCUT2D eigenvalue weighted by molar-refractivity contribution is 7.79. The van der Waals surface area contributed by atoms with Gasteiger partial charge in [0.05, 0.1) is 5.69 Å². The van der Waals surface area contributed by atoms with Gasteiger partial charge in [-0.05, 0) is 59.3 Å². The van der Waals surface area contributed by atoms with E-state index in [9.17, 15) is 8.76 Å². The van der Waals surface area contributed by atoms with E-state index in [4.69, 9.17) is 4.98 Å². The van der Waals surface area contributed by atoms with Gasteiger partial charge in [0.1, 0.15) is 0 Å². The Labute approximate surface area is 174 Å². The van der Waals surface area contributed by atoms with E-state index in [1.807, 2.05) is 23.6 Å². The first kappa shape index (κ1) is 18.2. The average molecular weight is 419 g/mol. The van der Waals surface area contributed by atoms with Crippen LogP contribution in [0.2, 0.25) is 0 Å². The summed E-state index contributed by atoms with van der Waals surface area (Å²) < 4.78 is 22.4. The number of hydrogen-bond acceptors (Lipinski definition) is 6. The van der Waals surface area contributed by atoms with Crippen LogP contribution in [0.15, 0.2) is 71.8 Å². The second-order valence-electron chi connectivity index (χ2n) is 6.77. The van der Waals surface area contributed by atoms with Crippen LogP contribution >= 0.6 is 11.3 Å². The van der Waals surface area contributed by atoms with Gasteiger partial charge in [-0.15, -0.1) is 11.3 Å². The van der Waals surface area contributed by atoms with Gasteiger partial charge in [-0.25, -0.2) is 9.97 Å². The molecular weight excluding hydrogens is 402 g/mol. The van der Waals surface area contributed by atoms with Crippen LogP contribution in [0.3, 0.4) is 0 Å². The Bertz CT molecular complexity index is 1220. The molecule has 0 radical (unpaired) electrons. The monoisotopic (exact) mass is 418 g/mol. The van der Waals surface area contributed by atoms with Crippen LogP contribution in [0.25, 0.3) is 21.7 Å². The number of nitrogens with one attached hydrogen (secondary N) is 1. The number of rotatable bonds is 4. The highest BCUT2D eigenvalue weighted by Crippen LogP contribution is 2.41. The van der Waals surface area contributed by atoms with Crippen molar-refractivity contribution in [2.24, 2.45) is 0 Å². The lowest BCUT2D eigenvalue weighted by atomic mass is 9.96. The zero-order chi connectivity index (χ0) is 19.8. The number of aromatic nitrogens is 2. The van der Waals surface area contributed by atoms with E-state index in [1.165, 1.54) is 15.3 Å². The molecule has 1 aliphatic carbocycles. The predicted octanol–water partition coefficient (Wildman–Crippen LogP) is 4.95. The molecule has 0 bridgehead atoms. The van der Waals surface area contributed by atoms with Crippen molar-refractivity contribution < 1.29 is 8.76 Å². The molecule has 0 saturated heterocycles. The van der Waals surface area contributed by atoms with Gasteiger partial charge in [0, 0.05) is 32.1 Å². The summed E-state index contributed by atoms with van der Waals surface area (Å²) >= 11 is -0.456. The van der Waals surface area contributed by atoms with Crippen molar-refractivity contribution in [3.8, 4) is 21.7 Å². The summed E-state index contributed by atoms with van der Waals surface area (Å²) in [6.45, 7) is 0. The SMILES string of the molecule is O=S([O-])c1cccc(Nc2ncc3c(n2)-c2cc(-c4ccccc4)sc2CC3)c1. The number of aryl methyl sites for hydroxylation is 2. The first-order valence-electron chi connectivity index (χ1n) is 9.18. The third-order valence-corrected chi connectivity index (χ3v) is 6.77. The number of thiophene rings is 1. The molecule has 0 amide bonds. The van der Waals surface area contributed by atoms with Crippen molar-refractivity contribution in [3.05, 3.63) is 77.3 Å². The maximum atomic E-state index is 11.2. The zero-order valence-electron chi connectivity index (χ0n) is 15.3. The molecule has 0 spiro atoms. The van der Waals surface area contributed by atoms with Gasteiger partial charge in [0.25, 0.3) is 0 Å². The molecule has 7 heteroatoms. The van der Waals surface area contributed by atoms with E-state index in [-0.39, 0.29) is 4.90 Å². The molecule has 1 atom stereocenters. The van der Waals surface area contributed by atoms with Crippen LogP contribution in [0.4, 0.5) is 11.6 Å². The molecule has 5 nitrogen and oxygen atoms in total. The fourth-order valence-electron chi connectivity index (χ4n) is 3.50. The molecule has 4 aromatic rings. The topological polar surface area (TPSA) is 77.9 Å². The molecule has 1 unspecified atom stereocenters. The Balaban J connectivity index is 1.50. The molecule has 2 aromatic carbocycles. The standard InChI is InChI=1S/C22H17N3O2S2/c26-29(27)17-8-4-7-16(11-17)24-22-23-13-15-9-10-19-18(21(15)25-22)12-20(28-19)14-5-2-1-3-6-14/h1-8,11-13H,9-10H2,(H,26,27)(H,23,24,25)/p-1. The van der Waals surface area contributed by atoms with Crippen molar-refractivity contribution >= 4 is 34.1 Å². The van der Waals surface area contributed by atoms with Gasteiger partial charge >= 0.3 is 0 Å². The van der Waals surface area contributed by atoms with Crippen LogP contribution in [0.1, 0.15) is 10.4 Å². The van der Waals surface area contributed by atoms with Crippen LogP contribution < -0.4 is 5.32 Å². The fourth-order valence-corrected chi connectivity index (χ4v) is 5.08. The summed E-state index contributed by atoms with van der Waals surface area (Å²) in [6.07, 6.45) is 3.78. The summed E-state index contributed by atoms with van der Waals surface area (Å²) in [4.78, 5) is 12.0. The number of benzene rings is 2. The molecular formula is C22H16N3O2S2-. The summed E-state index contributed by atoms with van der Waals surface area (Å²) in [6, 6.07) is 19.2. The molecule has 144 valence electrons. The van der Waals surface area contributed by atoms with Crippen molar-refractivity contribution in [1.82, 2.24) is 9.97 Å². The van der Waals surface area contributed by atoms with Crippen LogP contribution in [-0.2, 0) is 23.9 Å². The molecule has 2 heterocycles. The maximum absolute atomic E-state index is 11.2. The lowest BCUT2D eigenvalue weighted by Gasteiger charge is -2.16. The van der Waals surface area contributed by atoms with Crippen LogP contribution in [0.5, 0.6) is 0 Å². The van der Waals surface area contributed by atoms with Gasteiger partial charge in [-0.1, -0.05) is 36.4 Å². The number of hydrogen-bond donors (Lipinski definition) is 1. The predicted molar refractivity (Wildman–Crippen MR) is 115 cm³/mol. The smallest absolute Gasteiger partial charge is 0.227 e. The zero-order valence-corrected chi connectivity index (χ0v) is 16.9. The Morgan fingerprint density at radius 2 is 1.90 bits per heavy atom. The van der Waals surface area contributed by atoms with Crippen molar-refractivity contribution in [2.75, 3.05) is 5.32 Å². The third kappa shape index (κ3) is 3.60. The van der Waals surface area contributed by atoms with E-state index in [2.05, 4.69) is 40.6 Å². The molecule has 1 N–H and O–H groups in total. The maximum Gasteiger partial charge on any atom is 0.227 e. The second kappa shape index (κ2) is 7.51. The number of fused-ring (bicyclic) bond motifs is 3. The highest BCUT2D eigenvalue weighted by atomic mass is 32.2. The van der Waals surface area contributed by atoms with Crippen LogP contribution in [-0.4, -0.2) is 18.7 Å². The average Bonchev–Trinajstić information content (AvgIpc) is 3.19. The molecule has 0 aliphatic heterocycles. The molecule has 0 saturated carbocycles. The van der Waals surface area contributed by atoms with Gasteiger partial charge < -0.3 is 9.87 Å². The number of anilines is 2. The summed E-state index contributed by atoms with van der Waals surface area (Å²) in [5.41, 5.74) is 5.09. The lowest BCUT2D eigenvalue weighted by molar-refractivity contribution is 0.537. The molecule has 29 heavy (non-hydrogen) atoms. The Hall–Kier alpha value is -2.87. The molecule has 5 rings (SSSR count). The minimum Gasteiger partial charge on any atom is -0.768 e. The molecule has 2 aromatic heterocycles. The second-order valence-corrected chi connectivity index (χ2v) is 8.85. The van der Waals surface area contributed by atoms with Gasteiger partial charge in [0.15, 0.2) is 0 Å². The largest absolute Gasteiger partial charge is 0.768 e. The number of nitrogens with zero attached hydrogens (tertiary/aromatic N) is 2. The third-order valence-electron chi connectivity index (χ3n) is 4.89. The minimum absolute atomic E-state index is 0.223. The van der Waals surface area contributed by atoms with E-state index >= 15 is 0 Å². The van der Waals surface area contributed by atoms with Gasteiger partial charge in [-0.2, -0.15) is 0 Å². The van der Waals surface area contributed by atoms with Crippen molar-refractivity contribution in [2.45, 2.75) is 17.7 Å². The summed E-state index contributed by atoms with van der Waals surface area (Å²) in [5.74, 6) is 0.456. The fraction of sp³-hybridized carbons (Fsp3) is 0.0909. The van der Waals surface area contributed by atoms with E-state index in [1.54, 1.807) is 24.3 Å².